The fourth-order valence-electron chi connectivity index (χ4n) is 3.01. The van der Waals surface area contributed by atoms with Crippen LogP contribution in [0.5, 0.6) is 11.5 Å². The number of fused-ring (bicyclic) bond motifs is 1. The molecule has 6 nitrogen and oxygen atoms in total. The van der Waals surface area contributed by atoms with Gasteiger partial charge in [0.1, 0.15) is 5.70 Å². The van der Waals surface area contributed by atoms with Crippen molar-refractivity contribution < 1.29 is 23.1 Å². The monoisotopic (exact) mass is 373 g/mol. The Labute approximate surface area is 152 Å². The average molecular weight is 373 g/mol. The van der Waals surface area contributed by atoms with Gasteiger partial charge in [-0.2, -0.15) is 0 Å². The maximum atomic E-state index is 13.0. The van der Waals surface area contributed by atoms with Gasteiger partial charge in [-0.3, -0.25) is 9.10 Å². The van der Waals surface area contributed by atoms with Gasteiger partial charge < -0.3 is 9.84 Å². The zero-order valence-corrected chi connectivity index (χ0v) is 15.4. The van der Waals surface area contributed by atoms with Crippen molar-refractivity contribution in [2.24, 2.45) is 0 Å². The number of methoxy groups -OCH3 is 1. The van der Waals surface area contributed by atoms with E-state index in [2.05, 4.69) is 0 Å². The summed E-state index contributed by atoms with van der Waals surface area (Å²) in [7, 11) is -2.47. The van der Waals surface area contributed by atoms with E-state index >= 15 is 0 Å². The number of ketones is 1. The highest BCUT2D eigenvalue weighted by Gasteiger charge is 2.40. The van der Waals surface area contributed by atoms with Crippen LogP contribution in [0.3, 0.4) is 0 Å². The number of hydrogen-bond donors (Lipinski definition) is 1. The molecule has 1 heterocycles. The molecule has 1 aliphatic heterocycles. The van der Waals surface area contributed by atoms with Crippen molar-refractivity contribution in [1.82, 2.24) is 4.31 Å². The molecule has 0 bridgehead atoms. The SMILES string of the molecule is COc1cccc(C=C2C(=O)c3ccccc3S(=O)(=O)N2C(C)C)c1O. The zero-order chi connectivity index (χ0) is 19.1. The molecule has 1 aliphatic rings. The van der Waals surface area contributed by atoms with Crippen LogP contribution < -0.4 is 4.74 Å². The lowest BCUT2D eigenvalue weighted by molar-refractivity contribution is 0.0996. The number of Topliss-reactive ketones (excluding diaryl/α,β-unsaturated/α-hetero) is 1. The number of hydrogen-bond acceptors (Lipinski definition) is 5. The molecular formula is C19H19NO5S. The second-order valence-corrected chi connectivity index (χ2v) is 7.93. The Morgan fingerprint density at radius 1 is 1.12 bits per heavy atom. The van der Waals surface area contributed by atoms with E-state index in [0.717, 1.165) is 4.31 Å². The number of benzene rings is 2. The van der Waals surface area contributed by atoms with Gasteiger partial charge in [0.2, 0.25) is 5.78 Å². The number of sulfonamides is 1. The Kier molecular flexibility index (Phi) is 4.50. The third kappa shape index (κ3) is 2.74. The zero-order valence-electron chi connectivity index (χ0n) is 14.6. The van der Waals surface area contributed by atoms with Crippen molar-refractivity contribution in [2.45, 2.75) is 24.8 Å². The first kappa shape index (κ1) is 18.0. The number of ether oxygens (including phenoxy) is 1. The number of para-hydroxylation sites is 1. The predicted octanol–water partition coefficient (Wildman–Crippen LogP) is 3.04. The van der Waals surface area contributed by atoms with Gasteiger partial charge in [0.15, 0.2) is 11.5 Å². The van der Waals surface area contributed by atoms with E-state index in [1.165, 1.54) is 25.3 Å². The van der Waals surface area contributed by atoms with E-state index in [1.807, 2.05) is 0 Å². The van der Waals surface area contributed by atoms with Crippen LogP contribution >= 0.6 is 0 Å². The maximum Gasteiger partial charge on any atom is 0.265 e. The lowest BCUT2D eigenvalue weighted by Crippen LogP contribution is -2.43. The van der Waals surface area contributed by atoms with Gasteiger partial charge in [-0.25, -0.2) is 8.42 Å². The number of carbonyl (C=O) groups is 1. The van der Waals surface area contributed by atoms with E-state index in [-0.39, 0.29) is 27.7 Å². The first-order valence-corrected chi connectivity index (χ1v) is 9.49. The molecular weight excluding hydrogens is 354 g/mol. The van der Waals surface area contributed by atoms with E-state index in [9.17, 15) is 18.3 Å². The number of allylic oxidation sites excluding steroid dienone is 1. The fraction of sp³-hybridized carbons (Fsp3) is 0.211. The fourth-order valence-corrected chi connectivity index (χ4v) is 4.86. The lowest BCUT2D eigenvalue weighted by atomic mass is 10.0. The van der Waals surface area contributed by atoms with Crippen LogP contribution in [0.2, 0.25) is 0 Å². The highest BCUT2D eigenvalue weighted by Crippen LogP contribution is 2.37. The number of nitrogens with zero attached hydrogens (tertiary/aromatic N) is 1. The molecule has 0 spiro atoms. The first-order valence-electron chi connectivity index (χ1n) is 8.05. The van der Waals surface area contributed by atoms with Crippen LogP contribution in [0.4, 0.5) is 0 Å². The number of rotatable bonds is 3. The summed E-state index contributed by atoms with van der Waals surface area (Å²) in [4.78, 5) is 13.0. The summed E-state index contributed by atoms with van der Waals surface area (Å²) >= 11 is 0. The minimum atomic E-state index is -3.88. The summed E-state index contributed by atoms with van der Waals surface area (Å²) in [6, 6.07) is 10.5. The summed E-state index contributed by atoms with van der Waals surface area (Å²) in [6.45, 7) is 3.38. The minimum absolute atomic E-state index is 0.00860. The molecule has 0 unspecified atom stereocenters. The second-order valence-electron chi connectivity index (χ2n) is 6.15. The highest BCUT2D eigenvalue weighted by atomic mass is 32.2. The molecule has 0 aromatic heterocycles. The minimum Gasteiger partial charge on any atom is -0.504 e. The smallest absolute Gasteiger partial charge is 0.265 e. The molecule has 1 N–H and O–H groups in total. The van der Waals surface area contributed by atoms with Crippen molar-refractivity contribution in [1.29, 1.82) is 0 Å². The van der Waals surface area contributed by atoms with Gasteiger partial charge in [-0.05, 0) is 38.1 Å². The van der Waals surface area contributed by atoms with E-state index in [4.69, 9.17) is 4.74 Å². The van der Waals surface area contributed by atoms with Gasteiger partial charge in [-0.1, -0.05) is 24.3 Å². The van der Waals surface area contributed by atoms with Gasteiger partial charge in [0.25, 0.3) is 10.0 Å². The van der Waals surface area contributed by atoms with Crippen LogP contribution in [0.25, 0.3) is 6.08 Å². The molecule has 0 saturated carbocycles. The van der Waals surface area contributed by atoms with Crippen LogP contribution in [0, 0.1) is 0 Å². The Hall–Kier alpha value is -2.80. The Morgan fingerprint density at radius 3 is 2.46 bits per heavy atom. The summed E-state index contributed by atoms with van der Waals surface area (Å²) in [5.41, 5.74) is 0.410. The number of aromatic hydroxyl groups is 1. The highest BCUT2D eigenvalue weighted by molar-refractivity contribution is 7.89. The summed E-state index contributed by atoms with van der Waals surface area (Å²) in [6.07, 6.45) is 1.38. The van der Waals surface area contributed by atoms with Crippen LogP contribution in [0.15, 0.2) is 53.1 Å². The van der Waals surface area contributed by atoms with Crippen molar-refractivity contribution in [2.75, 3.05) is 7.11 Å². The quantitative estimate of drug-likeness (QED) is 0.836. The molecule has 136 valence electrons. The molecule has 0 amide bonds. The summed E-state index contributed by atoms with van der Waals surface area (Å²) in [5, 5.41) is 10.3. The molecule has 0 atom stereocenters. The van der Waals surface area contributed by atoms with Crippen molar-refractivity contribution in [3.05, 3.63) is 59.3 Å². The molecule has 0 fully saturated rings. The van der Waals surface area contributed by atoms with Gasteiger partial charge in [-0.15, -0.1) is 0 Å². The van der Waals surface area contributed by atoms with E-state index < -0.39 is 21.8 Å². The molecule has 2 aromatic rings. The largest absolute Gasteiger partial charge is 0.504 e. The average Bonchev–Trinajstić information content (AvgIpc) is 2.60. The number of phenolic OH excluding ortho intramolecular Hbond substituents is 1. The Balaban J connectivity index is 2.28. The first-order chi connectivity index (χ1) is 12.3. The standard InChI is InChI=1S/C19H19NO5S/c1-12(2)20-15(11-13-7-6-9-16(25-3)18(13)21)19(22)14-8-4-5-10-17(14)26(20,23)24/h4-12,21H,1-3H3. The van der Waals surface area contributed by atoms with Gasteiger partial charge in [0, 0.05) is 17.2 Å². The third-order valence-electron chi connectivity index (χ3n) is 4.15. The normalized spacial score (nSPS) is 17.5. The van der Waals surface area contributed by atoms with Crippen molar-refractivity contribution >= 4 is 21.9 Å². The Morgan fingerprint density at radius 2 is 1.81 bits per heavy atom. The summed E-state index contributed by atoms with van der Waals surface area (Å²) < 4.78 is 32.3. The molecule has 0 aliphatic carbocycles. The Bertz CT molecular complexity index is 1010. The maximum absolute atomic E-state index is 13.0. The van der Waals surface area contributed by atoms with E-state index in [0.29, 0.717) is 5.56 Å². The lowest BCUT2D eigenvalue weighted by Gasteiger charge is -2.34. The predicted molar refractivity (Wildman–Crippen MR) is 97.6 cm³/mol. The van der Waals surface area contributed by atoms with E-state index in [1.54, 1.807) is 44.2 Å². The number of carbonyl (C=O) groups excluding carboxylic acids is 1. The van der Waals surface area contributed by atoms with Crippen molar-refractivity contribution in [3.63, 3.8) is 0 Å². The third-order valence-corrected chi connectivity index (χ3v) is 6.20. The van der Waals surface area contributed by atoms with Gasteiger partial charge in [0.05, 0.1) is 12.0 Å². The van der Waals surface area contributed by atoms with Crippen molar-refractivity contribution in [3.8, 4) is 11.5 Å². The molecule has 2 aromatic carbocycles. The molecule has 0 saturated heterocycles. The molecule has 0 radical (unpaired) electrons. The van der Waals surface area contributed by atoms with Crippen LogP contribution in [-0.2, 0) is 10.0 Å². The topological polar surface area (TPSA) is 83.9 Å². The molecule has 3 rings (SSSR count). The second kappa shape index (κ2) is 6.49. The summed E-state index contributed by atoms with van der Waals surface area (Å²) in [5.74, 6) is -0.330. The van der Waals surface area contributed by atoms with Crippen LogP contribution in [-0.4, -0.2) is 36.8 Å². The molecule has 7 heteroatoms. The van der Waals surface area contributed by atoms with Crippen LogP contribution in [0.1, 0.15) is 29.8 Å². The van der Waals surface area contributed by atoms with Gasteiger partial charge >= 0.3 is 0 Å². The molecule has 26 heavy (non-hydrogen) atoms. The number of phenols is 1.